The number of rotatable bonds is 6. The van der Waals surface area contributed by atoms with Gasteiger partial charge in [0.15, 0.2) is 0 Å². The fraction of sp³-hybridized carbons (Fsp3) is 0.538. The van der Waals surface area contributed by atoms with Gasteiger partial charge in [0.25, 0.3) is 0 Å². The summed E-state index contributed by atoms with van der Waals surface area (Å²) < 4.78 is 5.72. The molecule has 90 valence electrons. The van der Waals surface area contributed by atoms with E-state index in [0.29, 0.717) is 23.6 Å². The van der Waals surface area contributed by atoms with Gasteiger partial charge in [0.1, 0.15) is 12.4 Å². The quantitative estimate of drug-likeness (QED) is 0.825. The van der Waals surface area contributed by atoms with Gasteiger partial charge in [-0.2, -0.15) is 0 Å². The third kappa shape index (κ3) is 4.03. The fourth-order valence-corrected chi connectivity index (χ4v) is 1.68. The molecule has 0 saturated carbocycles. The van der Waals surface area contributed by atoms with Crippen LogP contribution in [0.2, 0.25) is 5.02 Å². The van der Waals surface area contributed by atoms with Crippen LogP contribution in [0.4, 0.5) is 0 Å². The van der Waals surface area contributed by atoms with Crippen LogP contribution in [0.3, 0.4) is 0 Å². The van der Waals surface area contributed by atoms with Crippen molar-refractivity contribution in [2.75, 3.05) is 13.2 Å². The van der Waals surface area contributed by atoms with E-state index in [2.05, 4.69) is 26.1 Å². The maximum absolute atomic E-state index is 6.02. The molecule has 1 unspecified atom stereocenters. The Labute approximate surface area is 103 Å². The molecule has 0 saturated heterocycles. The molecule has 0 aromatic heterocycles. The van der Waals surface area contributed by atoms with Gasteiger partial charge in [-0.1, -0.05) is 44.5 Å². The third-order valence-electron chi connectivity index (χ3n) is 2.53. The summed E-state index contributed by atoms with van der Waals surface area (Å²) in [7, 11) is 0. The molecule has 1 atom stereocenters. The van der Waals surface area contributed by atoms with Crippen molar-refractivity contribution in [3.8, 4) is 5.75 Å². The molecular weight excluding hydrogens is 222 g/mol. The molecule has 0 spiro atoms. The molecular formula is C13H20ClNO. The Bertz CT molecular complexity index is 315. The summed E-state index contributed by atoms with van der Waals surface area (Å²) in [5.74, 6) is 1.30. The van der Waals surface area contributed by atoms with E-state index in [9.17, 15) is 0 Å². The van der Waals surface area contributed by atoms with E-state index < -0.39 is 0 Å². The maximum atomic E-state index is 6.02. The highest BCUT2D eigenvalue weighted by Gasteiger charge is 2.13. The molecule has 0 bridgehead atoms. The van der Waals surface area contributed by atoms with Crippen molar-refractivity contribution in [1.82, 2.24) is 5.32 Å². The minimum Gasteiger partial charge on any atom is -0.490 e. The molecule has 0 heterocycles. The largest absolute Gasteiger partial charge is 0.490 e. The lowest BCUT2D eigenvalue weighted by molar-refractivity contribution is 0.232. The molecule has 0 amide bonds. The molecule has 0 fully saturated rings. The van der Waals surface area contributed by atoms with E-state index in [0.717, 1.165) is 12.3 Å². The molecule has 2 nitrogen and oxygen atoms in total. The minimum atomic E-state index is 0.362. The number of hydrogen-bond acceptors (Lipinski definition) is 2. The molecule has 3 heteroatoms. The molecule has 16 heavy (non-hydrogen) atoms. The van der Waals surface area contributed by atoms with Gasteiger partial charge in [0, 0.05) is 6.04 Å². The summed E-state index contributed by atoms with van der Waals surface area (Å²) in [5, 5.41) is 4.07. The number of ether oxygens (including phenoxy) is 1. The van der Waals surface area contributed by atoms with Crippen LogP contribution in [0.5, 0.6) is 5.75 Å². The summed E-state index contributed by atoms with van der Waals surface area (Å²) >= 11 is 6.02. The first kappa shape index (κ1) is 13.3. The van der Waals surface area contributed by atoms with E-state index in [1.807, 2.05) is 24.3 Å². The lowest BCUT2D eigenvalue weighted by Crippen LogP contribution is -2.38. The SMILES string of the molecule is CCNC(COc1ccccc1Cl)C(C)C. The minimum absolute atomic E-state index is 0.362. The summed E-state index contributed by atoms with van der Waals surface area (Å²) in [6.07, 6.45) is 0. The van der Waals surface area contributed by atoms with Gasteiger partial charge in [-0.15, -0.1) is 0 Å². The molecule has 1 aromatic rings. The Hall–Kier alpha value is -0.730. The highest BCUT2D eigenvalue weighted by molar-refractivity contribution is 6.32. The summed E-state index contributed by atoms with van der Waals surface area (Å²) in [5.41, 5.74) is 0. The Morgan fingerprint density at radius 1 is 1.31 bits per heavy atom. The number of benzene rings is 1. The standard InChI is InChI=1S/C13H20ClNO/c1-4-15-12(10(2)3)9-16-13-8-6-5-7-11(13)14/h5-8,10,12,15H,4,9H2,1-3H3. The van der Waals surface area contributed by atoms with E-state index in [4.69, 9.17) is 16.3 Å². The van der Waals surface area contributed by atoms with Crippen molar-refractivity contribution >= 4 is 11.6 Å². The molecule has 0 radical (unpaired) electrons. The van der Waals surface area contributed by atoms with E-state index in [-0.39, 0.29) is 0 Å². The van der Waals surface area contributed by atoms with E-state index in [1.165, 1.54) is 0 Å². The second-order valence-corrected chi connectivity index (χ2v) is 4.56. The van der Waals surface area contributed by atoms with Gasteiger partial charge in [-0.3, -0.25) is 0 Å². The second kappa shape index (κ2) is 6.77. The summed E-state index contributed by atoms with van der Waals surface area (Å²) in [6.45, 7) is 8.07. The number of halogens is 1. The maximum Gasteiger partial charge on any atom is 0.137 e. The van der Waals surface area contributed by atoms with Gasteiger partial charge in [0.05, 0.1) is 5.02 Å². The predicted octanol–water partition coefficient (Wildman–Crippen LogP) is 3.35. The van der Waals surface area contributed by atoms with Crippen LogP contribution in [0.15, 0.2) is 24.3 Å². The first-order valence-electron chi connectivity index (χ1n) is 5.75. The number of likely N-dealkylation sites (N-methyl/N-ethyl adjacent to an activating group) is 1. The van der Waals surface area contributed by atoms with Crippen LogP contribution < -0.4 is 10.1 Å². The highest BCUT2D eigenvalue weighted by atomic mass is 35.5. The number of hydrogen-bond donors (Lipinski definition) is 1. The lowest BCUT2D eigenvalue weighted by Gasteiger charge is -2.22. The van der Waals surface area contributed by atoms with Crippen LogP contribution in [0.25, 0.3) is 0 Å². The van der Waals surface area contributed by atoms with Gasteiger partial charge in [-0.25, -0.2) is 0 Å². The van der Waals surface area contributed by atoms with Crippen molar-refractivity contribution < 1.29 is 4.74 Å². The topological polar surface area (TPSA) is 21.3 Å². The Morgan fingerprint density at radius 3 is 2.56 bits per heavy atom. The van der Waals surface area contributed by atoms with E-state index >= 15 is 0 Å². The smallest absolute Gasteiger partial charge is 0.137 e. The van der Waals surface area contributed by atoms with Gasteiger partial charge in [0.2, 0.25) is 0 Å². The van der Waals surface area contributed by atoms with Crippen molar-refractivity contribution in [3.63, 3.8) is 0 Å². The second-order valence-electron chi connectivity index (χ2n) is 4.15. The van der Waals surface area contributed by atoms with Crippen LogP contribution in [-0.2, 0) is 0 Å². The number of para-hydroxylation sites is 1. The fourth-order valence-electron chi connectivity index (χ4n) is 1.49. The normalized spacial score (nSPS) is 12.8. The lowest BCUT2D eigenvalue weighted by atomic mass is 10.1. The average molecular weight is 242 g/mol. The average Bonchev–Trinajstić information content (AvgIpc) is 2.26. The Kier molecular flexibility index (Phi) is 5.64. The van der Waals surface area contributed by atoms with E-state index in [1.54, 1.807) is 0 Å². The van der Waals surface area contributed by atoms with Gasteiger partial charge in [-0.05, 0) is 24.6 Å². The van der Waals surface area contributed by atoms with Crippen LogP contribution in [0.1, 0.15) is 20.8 Å². The monoisotopic (exact) mass is 241 g/mol. The molecule has 0 aliphatic carbocycles. The van der Waals surface area contributed by atoms with Crippen LogP contribution in [-0.4, -0.2) is 19.2 Å². The van der Waals surface area contributed by atoms with Crippen LogP contribution in [0, 0.1) is 5.92 Å². The zero-order valence-electron chi connectivity index (χ0n) is 10.2. The van der Waals surface area contributed by atoms with Crippen molar-refractivity contribution in [2.45, 2.75) is 26.8 Å². The third-order valence-corrected chi connectivity index (χ3v) is 2.84. The predicted molar refractivity (Wildman–Crippen MR) is 69.2 cm³/mol. The Balaban J connectivity index is 2.52. The summed E-state index contributed by atoms with van der Waals surface area (Å²) in [4.78, 5) is 0. The van der Waals surface area contributed by atoms with Crippen molar-refractivity contribution in [3.05, 3.63) is 29.3 Å². The first-order valence-corrected chi connectivity index (χ1v) is 6.13. The molecule has 0 aliphatic rings. The van der Waals surface area contributed by atoms with Gasteiger partial charge >= 0.3 is 0 Å². The molecule has 0 aliphatic heterocycles. The zero-order valence-corrected chi connectivity index (χ0v) is 10.9. The van der Waals surface area contributed by atoms with Gasteiger partial charge < -0.3 is 10.1 Å². The first-order chi connectivity index (χ1) is 7.65. The Morgan fingerprint density at radius 2 is 2.00 bits per heavy atom. The highest BCUT2D eigenvalue weighted by Crippen LogP contribution is 2.23. The van der Waals surface area contributed by atoms with Crippen molar-refractivity contribution in [1.29, 1.82) is 0 Å². The number of nitrogens with one attached hydrogen (secondary N) is 1. The van der Waals surface area contributed by atoms with Crippen LogP contribution >= 0.6 is 11.6 Å². The molecule has 1 N–H and O–H groups in total. The molecule has 1 rings (SSSR count). The molecule has 1 aromatic carbocycles. The zero-order chi connectivity index (χ0) is 12.0. The van der Waals surface area contributed by atoms with Crippen molar-refractivity contribution in [2.24, 2.45) is 5.92 Å². The summed E-state index contributed by atoms with van der Waals surface area (Å²) in [6, 6.07) is 7.93.